The summed E-state index contributed by atoms with van der Waals surface area (Å²) in [4.78, 5) is 64.7. The molecule has 7 rings (SSSR count). The Morgan fingerprint density at radius 1 is 0.947 bits per heavy atom. The molecular formula is C41H39N7O8S. The van der Waals surface area contributed by atoms with Gasteiger partial charge in [-0.3, -0.25) is 29.6 Å². The molecule has 1 aromatic heterocycles. The fraction of sp³-hybridized carbons (Fsp3) is 0.244. The number of aromatic nitrogens is 2. The number of amides is 2. The molecule has 2 amide bonds. The SMILES string of the molecule is CN(C)S(=O)(=O)n1cnc([C@@H]2[C@@H](C(=O)NC(c3ccccc3)c3ccccc3)[C@H](COC(=O)c3ccc([N+](=O)[O-])cc3)C[C@@]23N=CN(Cc2ccccc2)C3=O)c1. The Bertz CT molecular complexity index is 2370. The molecule has 4 atom stereocenters. The monoisotopic (exact) mass is 789 g/mol. The lowest BCUT2D eigenvalue weighted by molar-refractivity contribution is -0.384. The third kappa shape index (κ3) is 7.68. The number of esters is 1. The van der Waals surface area contributed by atoms with Crippen molar-refractivity contribution in [3.63, 3.8) is 0 Å². The molecule has 4 aromatic carbocycles. The lowest BCUT2D eigenvalue weighted by Gasteiger charge is -2.31. The van der Waals surface area contributed by atoms with Gasteiger partial charge in [0.05, 0.1) is 47.6 Å². The van der Waals surface area contributed by atoms with Crippen LogP contribution in [0.4, 0.5) is 5.69 Å². The van der Waals surface area contributed by atoms with Crippen molar-refractivity contribution in [2.45, 2.75) is 30.5 Å². The zero-order chi connectivity index (χ0) is 40.3. The van der Waals surface area contributed by atoms with E-state index in [0.717, 1.165) is 31.3 Å². The molecule has 5 aromatic rings. The molecule has 1 spiro atoms. The molecule has 1 aliphatic carbocycles. The van der Waals surface area contributed by atoms with E-state index < -0.39 is 62.3 Å². The number of aliphatic imine (C=N–C) groups is 1. The van der Waals surface area contributed by atoms with Crippen molar-refractivity contribution in [1.29, 1.82) is 0 Å². The van der Waals surface area contributed by atoms with Crippen LogP contribution >= 0.6 is 0 Å². The van der Waals surface area contributed by atoms with Crippen LogP contribution in [0.1, 0.15) is 51.1 Å². The summed E-state index contributed by atoms with van der Waals surface area (Å²) in [6.07, 6.45) is 3.80. The van der Waals surface area contributed by atoms with Gasteiger partial charge in [-0.1, -0.05) is 91.0 Å². The van der Waals surface area contributed by atoms with Gasteiger partial charge in [0.15, 0.2) is 5.54 Å². The first kappa shape index (κ1) is 38.7. The van der Waals surface area contributed by atoms with E-state index in [0.29, 0.717) is 0 Å². The van der Waals surface area contributed by atoms with Gasteiger partial charge in [-0.2, -0.15) is 12.7 Å². The average Bonchev–Trinajstić information content (AvgIpc) is 3.93. The van der Waals surface area contributed by atoms with Crippen molar-refractivity contribution in [2.75, 3.05) is 20.7 Å². The van der Waals surface area contributed by atoms with E-state index >= 15 is 4.79 Å². The van der Waals surface area contributed by atoms with E-state index in [1.807, 2.05) is 91.0 Å². The summed E-state index contributed by atoms with van der Waals surface area (Å²) in [6, 6.07) is 32.3. The van der Waals surface area contributed by atoms with Gasteiger partial charge in [0.1, 0.15) is 6.33 Å². The zero-order valence-corrected chi connectivity index (χ0v) is 31.8. The van der Waals surface area contributed by atoms with Crippen LogP contribution in [0.25, 0.3) is 0 Å². The maximum atomic E-state index is 15.1. The van der Waals surface area contributed by atoms with E-state index in [9.17, 15) is 28.1 Å². The van der Waals surface area contributed by atoms with Crippen LogP contribution in [0, 0.1) is 22.0 Å². The Labute approximate surface area is 329 Å². The van der Waals surface area contributed by atoms with Gasteiger partial charge >= 0.3 is 16.2 Å². The van der Waals surface area contributed by atoms with Crippen molar-refractivity contribution in [1.82, 2.24) is 23.5 Å². The third-order valence-electron chi connectivity index (χ3n) is 10.4. The van der Waals surface area contributed by atoms with Crippen molar-refractivity contribution < 1.29 is 32.5 Å². The Morgan fingerprint density at radius 2 is 1.54 bits per heavy atom. The summed E-state index contributed by atoms with van der Waals surface area (Å²) in [5.74, 6) is -4.80. The molecule has 2 aliphatic rings. The van der Waals surface area contributed by atoms with Gasteiger partial charge < -0.3 is 10.1 Å². The highest BCUT2D eigenvalue weighted by molar-refractivity contribution is 7.87. The number of nitrogens with one attached hydrogen (secondary N) is 1. The summed E-state index contributed by atoms with van der Waals surface area (Å²) >= 11 is 0. The number of rotatable bonds is 13. The van der Waals surface area contributed by atoms with Crippen LogP contribution in [0.2, 0.25) is 0 Å². The fourth-order valence-electron chi connectivity index (χ4n) is 7.62. The van der Waals surface area contributed by atoms with Crippen LogP contribution in [0.5, 0.6) is 0 Å². The highest BCUT2D eigenvalue weighted by atomic mass is 32.2. The summed E-state index contributed by atoms with van der Waals surface area (Å²) in [7, 11) is -1.30. The summed E-state index contributed by atoms with van der Waals surface area (Å²) in [5, 5.41) is 14.4. The minimum absolute atomic E-state index is 0.0516. The van der Waals surface area contributed by atoms with E-state index in [-0.39, 0.29) is 36.5 Å². The molecule has 0 unspecified atom stereocenters. The number of hydrogen-bond acceptors (Lipinski definition) is 10. The standard InChI is InChI=1S/C41H39N7O8S/c1-45(2)57(54,55)47-24-34(42-26-47)36-35(38(49)44-37(29-14-8-4-9-15-29)30-16-10-5-11-17-30)32(25-56-39(50)31-18-20-33(21-19-31)48(52)53)22-41(36)40(51)46(27-43-41)23-28-12-6-3-7-13-28/h3-21,24,26-27,32,35-37H,22-23,25H2,1-2H3,(H,44,49)/t32-,35-,36+,41+/m0/s1. The van der Waals surface area contributed by atoms with Crippen molar-refractivity contribution in [2.24, 2.45) is 16.8 Å². The largest absolute Gasteiger partial charge is 0.462 e. The number of hydrogen-bond donors (Lipinski definition) is 1. The first-order valence-corrected chi connectivity index (χ1v) is 19.5. The number of ether oxygens (including phenoxy) is 1. The van der Waals surface area contributed by atoms with Crippen LogP contribution in [-0.4, -0.2) is 81.9 Å². The topological polar surface area (TPSA) is 186 Å². The first-order valence-electron chi connectivity index (χ1n) is 18.1. The molecule has 292 valence electrons. The number of carbonyl (C=O) groups is 3. The normalized spacial score (nSPS) is 20.4. The van der Waals surface area contributed by atoms with Gasteiger partial charge in [-0.25, -0.2) is 13.8 Å². The van der Waals surface area contributed by atoms with E-state index in [1.54, 1.807) is 0 Å². The number of carbonyl (C=O) groups excluding carboxylic acids is 3. The molecule has 0 bridgehead atoms. The Morgan fingerprint density at radius 3 is 2.12 bits per heavy atom. The minimum atomic E-state index is -4.05. The second-order valence-electron chi connectivity index (χ2n) is 14.1. The minimum Gasteiger partial charge on any atom is -0.462 e. The number of nitrogens with zero attached hydrogens (tertiary/aromatic N) is 6. The van der Waals surface area contributed by atoms with E-state index in [2.05, 4.69) is 10.3 Å². The molecule has 15 nitrogen and oxygen atoms in total. The molecular weight excluding hydrogens is 751 g/mol. The first-order chi connectivity index (χ1) is 27.4. The predicted octanol–water partition coefficient (Wildman–Crippen LogP) is 4.74. The number of imidazole rings is 1. The van der Waals surface area contributed by atoms with E-state index in [4.69, 9.17) is 9.73 Å². The summed E-state index contributed by atoms with van der Waals surface area (Å²) in [5.41, 5.74) is 0.742. The summed E-state index contributed by atoms with van der Waals surface area (Å²) in [6.45, 7) is -0.159. The van der Waals surface area contributed by atoms with Gasteiger partial charge in [0.25, 0.3) is 11.6 Å². The lowest BCUT2D eigenvalue weighted by atomic mass is 9.79. The van der Waals surface area contributed by atoms with Gasteiger partial charge in [-0.15, -0.1) is 0 Å². The average molecular weight is 790 g/mol. The number of non-ortho nitro benzene ring substituents is 1. The summed E-state index contributed by atoms with van der Waals surface area (Å²) < 4.78 is 34.3. The van der Waals surface area contributed by atoms with Gasteiger partial charge in [0, 0.05) is 44.3 Å². The second kappa shape index (κ2) is 15.9. The maximum absolute atomic E-state index is 15.1. The van der Waals surface area contributed by atoms with Gasteiger partial charge in [0.2, 0.25) is 5.91 Å². The molecule has 2 heterocycles. The molecule has 57 heavy (non-hydrogen) atoms. The highest BCUT2D eigenvalue weighted by Gasteiger charge is 2.64. The van der Waals surface area contributed by atoms with Crippen LogP contribution in [-0.2, 0) is 31.1 Å². The van der Waals surface area contributed by atoms with Crippen molar-refractivity contribution >= 4 is 40.0 Å². The Balaban J connectivity index is 1.31. The molecule has 16 heteroatoms. The molecule has 1 saturated carbocycles. The molecule has 1 fully saturated rings. The van der Waals surface area contributed by atoms with Crippen molar-refractivity contribution in [3.05, 3.63) is 166 Å². The number of nitro benzene ring substituents is 1. The van der Waals surface area contributed by atoms with Crippen LogP contribution < -0.4 is 5.32 Å². The smallest absolute Gasteiger partial charge is 0.338 e. The lowest BCUT2D eigenvalue weighted by Crippen LogP contribution is -2.46. The zero-order valence-electron chi connectivity index (χ0n) is 31.0. The Kier molecular flexibility index (Phi) is 10.8. The van der Waals surface area contributed by atoms with E-state index in [1.165, 1.54) is 55.8 Å². The van der Waals surface area contributed by atoms with Gasteiger partial charge in [-0.05, 0) is 35.2 Å². The van der Waals surface area contributed by atoms with Crippen molar-refractivity contribution in [3.8, 4) is 0 Å². The molecule has 1 N–H and O–H groups in total. The second-order valence-corrected chi connectivity index (χ2v) is 16.2. The number of nitro groups is 1. The third-order valence-corrected chi connectivity index (χ3v) is 12.1. The van der Waals surface area contributed by atoms with Crippen LogP contribution in [0.15, 0.2) is 133 Å². The maximum Gasteiger partial charge on any atom is 0.338 e. The number of benzene rings is 4. The fourth-order valence-corrected chi connectivity index (χ4v) is 8.41. The molecule has 0 saturated heterocycles. The quantitative estimate of drug-likeness (QED) is 0.1000. The Hall–Kier alpha value is -6.52. The highest BCUT2D eigenvalue weighted by Crippen LogP contribution is 2.55. The molecule has 0 radical (unpaired) electrons. The van der Waals surface area contributed by atoms with Crippen LogP contribution in [0.3, 0.4) is 0 Å². The predicted molar refractivity (Wildman–Crippen MR) is 209 cm³/mol. The molecule has 1 aliphatic heterocycles.